The zero-order valence-electron chi connectivity index (χ0n) is 16.3. The maximum Gasteiger partial charge on any atom is 0.283 e. The van der Waals surface area contributed by atoms with Crippen LogP contribution < -0.4 is 0 Å². The Morgan fingerprint density at radius 1 is 1.24 bits per heavy atom. The zero-order chi connectivity index (χ0) is 20.9. The SMILES string of the molecule is CSC1=NN2C(=N)/C(=C/c3cc(C)n(-c4cc(Cl)ccc4C)c3C)C(=O)N=C2S1. The monoisotopic (exact) mass is 443 g/mol. The van der Waals surface area contributed by atoms with Crippen molar-refractivity contribution in [1.82, 2.24) is 9.58 Å². The highest BCUT2D eigenvalue weighted by atomic mass is 35.5. The molecule has 6 nitrogen and oxygen atoms in total. The Hall–Kier alpha value is -2.29. The smallest absolute Gasteiger partial charge is 0.283 e. The van der Waals surface area contributed by atoms with E-state index in [9.17, 15) is 4.79 Å². The quantitative estimate of drug-likeness (QED) is 0.663. The number of halogens is 1. The number of rotatable bonds is 2. The molecular formula is C20H18ClN5OS2. The van der Waals surface area contributed by atoms with Crippen LogP contribution in [-0.4, -0.2) is 37.1 Å². The third-order valence-electron chi connectivity index (χ3n) is 4.79. The summed E-state index contributed by atoms with van der Waals surface area (Å²) in [4.78, 5) is 16.7. The molecule has 0 saturated heterocycles. The number of carbonyl (C=O) groups is 1. The van der Waals surface area contributed by atoms with E-state index >= 15 is 0 Å². The number of hydrogen-bond donors (Lipinski definition) is 1. The van der Waals surface area contributed by atoms with Crippen molar-refractivity contribution in [3.8, 4) is 5.69 Å². The normalized spacial score (nSPS) is 17.7. The lowest BCUT2D eigenvalue weighted by atomic mass is 10.1. The Morgan fingerprint density at radius 3 is 2.72 bits per heavy atom. The summed E-state index contributed by atoms with van der Waals surface area (Å²) >= 11 is 8.98. The first-order valence-corrected chi connectivity index (χ1v) is 11.2. The molecule has 0 aliphatic carbocycles. The third kappa shape index (κ3) is 3.45. The number of hydrazone groups is 1. The average molecular weight is 444 g/mol. The molecule has 0 atom stereocenters. The van der Waals surface area contributed by atoms with E-state index in [1.807, 2.05) is 51.3 Å². The molecule has 4 rings (SSSR count). The summed E-state index contributed by atoms with van der Waals surface area (Å²) in [5.41, 5.74) is 5.14. The molecule has 2 aromatic rings. The van der Waals surface area contributed by atoms with Crippen LogP contribution in [0.5, 0.6) is 0 Å². The van der Waals surface area contributed by atoms with E-state index in [-0.39, 0.29) is 11.4 Å². The fourth-order valence-electron chi connectivity index (χ4n) is 3.34. The first-order chi connectivity index (χ1) is 13.8. The summed E-state index contributed by atoms with van der Waals surface area (Å²) in [6.07, 6.45) is 3.63. The molecule has 2 aliphatic heterocycles. The summed E-state index contributed by atoms with van der Waals surface area (Å²) in [6.45, 7) is 6.03. The summed E-state index contributed by atoms with van der Waals surface area (Å²) < 4.78 is 2.87. The molecule has 29 heavy (non-hydrogen) atoms. The second kappa shape index (κ2) is 7.51. The molecule has 1 amide bonds. The Balaban J connectivity index is 1.78. The second-order valence-corrected chi connectivity index (χ2v) is 9.13. The summed E-state index contributed by atoms with van der Waals surface area (Å²) in [5.74, 6) is -0.379. The number of nitrogens with one attached hydrogen (secondary N) is 1. The minimum atomic E-state index is -0.421. The van der Waals surface area contributed by atoms with Gasteiger partial charge in [-0.1, -0.05) is 17.7 Å². The molecule has 0 unspecified atom stereocenters. The molecule has 1 N–H and O–H groups in total. The fraction of sp³-hybridized carbons (Fsp3) is 0.200. The first kappa shape index (κ1) is 20.0. The van der Waals surface area contributed by atoms with Gasteiger partial charge in [-0.3, -0.25) is 10.2 Å². The van der Waals surface area contributed by atoms with E-state index in [1.54, 1.807) is 6.08 Å². The number of amidine groups is 2. The van der Waals surface area contributed by atoms with Gasteiger partial charge in [-0.2, -0.15) is 10.0 Å². The van der Waals surface area contributed by atoms with Crippen molar-refractivity contribution in [3.05, 3.63) is 57.4 Å². The van der Waals surface area contributed by atoms with E-state index < -0.39 is 5.91 Å². The number of fused-ring (bicyclic) bond motifs is 1. The van der Waals surface area contributed by atoms with E-state index in [2.05, 4.69) is 14.7 Å². The number of amides is 1. The maximum absolute atomic E-state index is 12.6. The molecule has 0 saturated carbocycles. The standard InChI is InChI=1S/C20H18ClN5OS2/c1-10-5-6-14(21)9-16(10)25-11(2)7-13(12(25)3)8-15-17(22)26-19(23-18(15)27)29-20(24-26)28-4/h5-9,22H,1-4H3/b15-8-,22-17?. The zero-order valence-corrected chi connectivity index (χ0v) is 18.7. The highest BCUT2D eigenvalue weighted by Crippen LogP contribution is 2.32. The van der Waals surface area contributed by atoms with Gasteiger partial charge in [0.2, 0.25) is 5.17 Å². The molecule has 9 heteroatoms. The van der Waals surface area contributed by atoms with Crippen LogP contribution in [0.15, 0.2) is 39.9 Å². The predicted octanol–water partition coefficient (Wildman–Crippen LogP) is 5.00. The molecule has 2 aliphatic rings. The van der Waals surface area contributed by atoms with Crippen LogP contribution in [0.2, 0.25) is 5.02 Å². The number of hydrogen-bond acceptors (Lipinski definition) is 5. The summed E-state index contributed by atoms with van der Waals surface area (Å²) in [5, 5.41) is 15.4. The average Bonchev–Trinajstić information content (AvgIpc) is 3.21. The van der Waals surface area contributed by atoms with Crippen LogP contribution in [0, 0.1) is 26.2 Å². The van der Waals surface area contributed by atoms with Gasteiger partial charge in [0.25, 0.3) is 5.91 Å². The van der Waals surface area contributed by atoms with E-state index in [0.717, 1.165) is 32.6 Å². The van der Waals surface area contributed by atoms with Crippen LogP contribution in [0.1, 0.15) is 22.5 Å². The molecule has 0 spiro atoms. The Morgan fingerprint density at radius 2 is 2.00 bits per heavy atom. The third-order valence-corrected chi connectivity index (χ3v) is 6.91. The van der Waals surface area contributed by atoms with Gasteiger partial charge in [0.15, 0.2) is 10.2 Å². The molecule has 1 aromatic carbocycles. The predicted molar refractivity (Wildman–Crippen MR) is 124 cm³/mol. The van der Waals surface area contributed by atoms with Crippen LogP contribution in [0.4, 0.5) is 0 Å². The van der Waals surface area contributed by atoms with Crippen LogP contribution >= 0.6 is 35.1 Å². The molecule has 0 radical (unpaired) electrons. The Labute approximate surface area is 182 Å². The number of thioether (sulfide) groups is 2. The summed E-state index contributed by atoms with van der Waals surface area (Å²) in [7, 11) is 0. The molecule has 0 bridgehead atoms. The van der Waals surface area contributed by atoms with Crippen molar-refractivity contribution >= 4 is 62.5 Å². The van der Waals surface area contributed by atoms with Gasteiger partial charge in [0, 0.05) is 22.1 Å². The lowest BCUT2D eigenvalue weighted by Gasteiger charge is -2.20. The largest absolute Gasteiger partial charge is 0.318 e. The van der Waals surface area contributed by atoms with Gasteiger partial charge < -0.3 is 4.57 Å². The summed E-state index contributed by atoms with van der Waals surface area (Å²) in [6, 6.07) is 7.78. The number of carbonyl (C=O) groups excluding carboxylic acids is 1. The van der Waals surface area contributed by atoms with Gasteiger partial charge in [-0.05, 0) is 74.2 Å². The number of benzene rings is 1. The second-order valence-electron chi connectivity index (χ2n) is 6.68. The lowest BCUT2D eigenvalue weighted by molar-refractivity contribution is -0.114. The highest BCUT2D eigenvalue weighted by Gasteiger charge is 2.35. The molecule has 1 aromatic heterocycles. The van der Waals surface area contributed by atoms with Crippen molar-refractivity contribution in [1.29, 1.82) is 5.41 Å². The minimum Gasteiger partial charge on any atom is -0.318 e. The van der Waals surface area contributed by atoms with Gasteiger partial charge >= 0.3 is 0 Å². The molecule has 0 fully saturated rings. The van der Waals surface area contributed by atoms with Crippen LogP contribution in [-0.2, 0) is 4.79 Å². The highest BCUT2D eigenvalue weighted by molar-refractivity contribution is 8.45. The van der Waals surface area contributed by atoms with E-state index in [1.165, 1.54) is 28.5 Å². The van der Waals surface area contributed by atoms with Crippen molar-refractivity contribution in [3.63, 3.8) is 0 Å². The first-order valence-electron chi connectivity index (χ1n) is 8.80. The van der Waals surface area contributed by atoms with Crippen molar-refractivity contribution in [2.75, 3.05) is 6.26 Å². The molecular weight excluding hydrogens is 426 g/mol. The van der Waals surface area contributed by atoms with Gasteiger partial charge in [-0.25, -0.2) is 0 Å². The van der Waals surface area contributed by atoms with Gasteiger partial charge in [-0.15, -0.1) is 16.9 Å². The Kier molecular flexibility index (Phi) is 5.18. The minimum absolute atomic E-state index is 0.0419. The number of aromatic nitrogens is 1. The van der Waals surface area contributed by atoms with E-state index in [0.29, 0.717) is 10.2 Å². The number of nitrogens with zero attached hydrogens (tertiary/aromatic N) is 4. The lowest BCUT2D eigenvalue weighted by Crippen LogP contribution is -2.35. The maximum atomic E-state index is 12.6. The van der Waals surface area contributed by atoms with Gasteiger partial charge in [0.1, 0.15) is 0 Å². The van der Waals surface area contributed by atoms with Crippen molar-refractivity contribution in [2.24, 2.45) is 10.1 Å². The van der Waals surface area contributed by atoms with Crippen LogP contribution in [0.25, 0.3) is 11.8 Å². The number of aliphatic imine (C=N–C) groups is 1. The molecule has 148 valence electrons. The fourth-order valence-corrected chi connectivity index (χ4v) is 4.85. The number of aryl methyl sites for hydroxylation is 2. The van der Waals surface area contributed by atoms with Crippen LogP contribution in [0.3, 0.4) is 0 Å². The van der Waals surface area contributed by atoms with E-state index in [4.69, 9.17) is 17.0 Å². The van der Waals surface area contributed by atoms with Crippen molar-refractivity contribution in [2.45, 2.75) is 20.8 Å². The Bertz CT molecular complexity index is 1160. The molecule has 3 heterocycles. The topological polar surface area (TPSA) is 73.8 Å². The van der Waals surface area contributed by atoms with Crippen molar-refractivity contribution < 1.29 is 4.79 Å². The van der Waals surface area contributed by atoms with Gasteiger partial charge in [0.05, 0.1) is 5.57 Å².